The summed E-state index contributed by atoms with van der Waals surface area (Å²) in [5.74, 6) is 1.36. The maximum absolute atomic E-state index is 9.92. The van der Waals surface area contributed by atoms with Gasteiger partial charge >= 0.3 is 0 Å². The Labute approximate surface area is 197 Å². The first-order valence-corrected chi connectivity index (χ1v) is 11.4. The summed E-state index contributed by atoms with van der Waals surface area (Å²) in [7, 11) is 0. The zero-order chi connectivity index (χ0) is 23.8. The molecule has 1 aliphatic rings. The summed E-state index contributed by atoms with van der Waals surface area (Å²) in [5, 5.41) is 14.3. The molecule has 9 heteroatoms. The highest BCUT2D eigenvalue weighted by molar-refractivity contribution is 5.58. The maximum Gasteiger partial charge on any atom is 0.259 e. The molecule has 1 aliphatic carbocycles. The second-order valence-corrected chi connectivity index (χ2v) is 9.47. The summed E-state index contributed by atoms with van der Waals surface area (Å²) >= 11 is 0. The Balaban J connectivity index is 1.35. The maximum atomic E-state index is 9.92. The lowest BCUT2D eigenvalue weighted by Crippen LogP contribution is -2.36. The van der Waals surface area contributed by atoms with E-state index < -0.39 is 5.60 Å². The van der Waals surface area contributed by atoms with Gasteiger partial charge in [0.25, 0.3) is 5.89 Å². The number of aromatic nitrogens is 6. The Morgan fingerprint density at radius 1 is 0.971 bits per heavy atom. The lowest BCUT2D eigenvalue weighted by Gasteiger charge is -2.39. The van der Waals surface area contributed by atoms with Crippen LogP contribution in [0.15, 0.2) is 53.6 Å². The van der Waals surface area contributed by atoms with E-state index in [1.807, 2.05) is 24.4 Å². The number of nitrogens with two attached hydrogens (primary N) is 1. The standard InChI is InChI=1S/C25H27N7O2/c1-24(2,33)11-8-19-6-4-16(12-27-19)21-31-22(32-34-21)25(9-3-10-25)18-5-7-20(28-15-18)17-13-29-23(26)30-14-17/h4-7,12-15,33H,3,8-11H2,1-2H3,(H2,26,29,30). The first-order chi connectivity index (χ1) is 16.3. The third-order valence-corrected chi connectivity index (χ3v) is 6.41. The van der Waals surface area contributed by atoms with Crippen molar-refractivity contribution >= 4 is 5.95 Å². The summed E-state index contributed by atoms with van der Waals surface area (Å²) < 4.78 is 5.62. The minimum Gasteiger partial charge on any atom is -0.390 e. The highest BCUT2D eigenvalue weighted by Crippen LogP contribution is 2.48. The molecule has 4 aromatic heterocycles. The first-order valence-electron chi connectivity index (χ1n) is 11.4. The first kappa shape index (κ1) is 22.1. The fourth-order valence-electron chi connectivity index (χ4n) is 4.16. The normalized spacial score (nSPS) is 15.1. The van der Waals surface area contributed by atoms with Crippen LogP contribution < -0.4 is 5.73 Å². The van der Waals surface area contributed by atoms with Gasteiger partial charge in [-0.05, 0) is 63.3 Å². The fraction of sp³-hybridized carbons (Fsp3) is 0.360. The number of hydrogen-bond donors (Lipinski definition) is 2. The van der Waals surface area contributed by atoms with E-state index in [0.29, 0.717) is 24.6 Å². The van der Waals surface area contributed by atoms with E-state index in [-0.39, 0.29) is 11.4 Å². The van der Waals surface area contributed by atoms with Gasteiger partial charge in [-0.1, -0.05) is 17.6 Å². The Morgan fingerprint density at radius 2 is 1.74 bits per heavy atom. The molecule has 4 aromatic rings. The van der Waals surface area contributed by atoms with E-state index in [1.54, 1.807) is 32.4 Å². The minimum atomic E-state index is -0.714. The monoisotopic (exact) mass is 457 g/mol. The quantitative estimate of drug-likeness (QED) is 0.425. The second-order valence-electron chi connectivity index (χ2n) is 9.47. The van der Waals surface area contributed by atoms with Crippen molar-refractivity contribution in [2.24, 2.45) is 0 Å². The van der Waals surface area contributed by atoms with Gasteiger partial charge < -0.3 is 15.4 Å². The number of aliphatic hydroxyl groups is 1. The third kappa shape index (κ3) is 4.38. The van der Waals surface area contributed by atoms with Gasteiger partial charge in [0.05, 0.1) is 22.3 Å². The van der Waals surface area contributed by atoms with Gasteiger partial charge in [-0.15, -0.1) is 0 Å². The summed E-state index contributed by atoms with van der Waals surface area (Å²) in [6.07, 6.45) is 11.3. The molecule has 0 saturated heterocycles. The minimum absolute atomic E-state index is 0.237. The number of aryl methyl sites for hydroxylation is 1. The predicted octanol–water partition coefficient (Wildman–Crippen LogP) is 3.74. The molecular weight excluding hydrogens is 430 g/mol. The van der Waals surface area contributed by atoms with Crippen molar-refractivity contribution in [3.8, 4) is 22.7 Å². The second kappa shape index (κ2) is 8.57. The lowest BCUT2D eigenvalue weighted by molar-refractivity contribution is 0.0711. The molecule has 4 heterocycles. The predicted molar refractivity (Wildman–Crippen MR) is 126 cm³/mol. The van der Waals surface area contributed by atoms with Gasteiger partial charge in [-0.2, -0.15) is 4.98 Å². The molecule has 0 aliphatic heterocycles. The van der Waals surface area contributed by atoms with Gasteiger partial charge in [0, 0.05) is 36.0 Å². The van der Waals surface area contributed by atoms with Crippen molar-refractivity contribution < 1.29 is 9.63 Å². The highest BCUT2D eigenvalue weighted by Gasteiger charge is 2.44. The molecular formula is C25H27N7O2. The molecule has 1 fully saturated rings. The Kier molecular flexibility index (Phi) is 5.57. The van der Waals surface area contributed by atoms with Crippen molar-refractivity contribution in [3.05, 3.63) is 66.1 Å². The number of rotatable bonds is 7. The summed E-state index contributed by atoms with van der Waals surface area (Å²) in [6, 6.07) is 7.89. The van der Waals surface area contributed by atoms with E-state index >= 15 is 0 Å². The topological polar surface area (TPSA) is 137 Å². The van der Waals surface area contributed by atoms with Crippen LogP contribution >= 0.6 is 0 Å². The van der Waals surface area contributed by atoms with Gasteiger partial charge in [0.1, 0.15) is 0 Å². The number of anilines is 1. The van der Waals surface area contributed by atoms with Crippen molar-refractivity contribution in [2.45, 2.75) is 57.0 Å². The molecule has 0 unspecified atom stereocenters. The van der Waals surface area contributed by atoms with Crippen molar-refractivity contribution in [3.63, 3.8) is 0 Å². The third-order valence-electron chi connectivity index (χ3n) is 6.41. The zero-order valence-corrected chi connectivity index (χ0v) is 19.3. The van der Waals surface area contributed by atoms with Gasteiger partial charge in [-0.25, -0.2) is 9.97 Å². The van der Waals surface area contributed by atoms with Crippen molar-refractivity contribution in [2.75, 3.05) is 5.73 Å². The van der Waals surface area contributed by atoms with Crippen LogP contribution in [0.1, 0.15) is 56.6 Å². The van der Waals surface area contributed by atoms with E-state index in [0.717, 1.165) is 47.3 Å². The molecule has 0 bridgehead atoms. The van der Waals surface area contributed by atoms with Crippen LogP contribution in [0, 0.1) is 0 Å². The summed E-state index contributed by atoms with van der Waals surface area (Å²) in [6.45, 7) is 3.60. The average molecular weight is 458 g/mol. The molecule has 0 amide bonds. The fourth-order valence-corrected chi connectivity index (χ4v) is 4.16. The number of nitrogens with zero attached hydrogens (tertiary/aromatic N) is 6. The van der Waals surface area contributed by atoms with E-state index in [4.69, 9.17) is 15.2 Å². The van der Waals surface area contributed by atoms with Crippen LogP contribution in [0.4, 0.5) is 5.95 Å². The van der Waals surface area contributed by atoms with Crippen LogP contribution in [-0.2, 0) is 11.8 Å². The summed E-state index contributed by atoms with van der Waals surface area (Å²) in [4.78, 5) is 21.9. The van der Waals surface area contributed by atoms with Gasteiger partial charge in [-0.3, -0.25) is 9.97 Å². The average Bonchev–Trinajstić information content (AvgIpc) is 3.28. The largest absolute Gasteiger partial charge is 0.390 e. The van der Waals surface area contributed by atoms with E-state index in [2.05, 4.69) is 31.2 Å². The lowest BCUT2D eigenvalue weighted by atomic mass is 9.64. The molecule has 9 nitrogen and oxygen atoms in total. The van der Waals surface area contributed by atoms with Crippen LogP contribution in [0.3, 0.4) is 0 Å². The van der Waals surface area contributed by atoms with Gasteiger partial charge in [0.2, 0.25) is 5.95 Å². The number of pyridine rings is 2. The van der Waals surface area contributed by atoms with Crippen molar-refractivity contribution in [1.82, 2.24) is 30.1 Å². The number of nitrogen functional groups attached to an aromatic ring is 1. The molecule has 5 rings (SSSR count). The molecule has 1 saturated carbocycles. The molecule has 174 valence electrons. The van der Waals surface area contributed by atoms with E-state index in [1.165, 1.54) is 0 Å². The highest BCUT2D eigenvalue weighted by atomic mass is 16.5. The van der Waals surface area contributed by atoms with Gasteiger partial charge in [0.15, 0.2) is 5.82 Å². The number of hydrogen-bond acceptors (Lipinski definition) is 9. The molecule has 0 atom stereocenters. The Hall–Kier alpha value is -3.72. The molecule has 0 radical (unpaired) electrons. The van der Waals surface area contributed by atoms with Crippen molar-refractivity contribution in [1.29, 1.82) is 0 Å². The van der Waals surface area contributed by atoms with Crippen LogP contribution in [0.25, 0.3) is 22.7 Å². The van der Waals surface area contributed by atoms with Crippen LogP contribution in [-0.4, -0.2) is 40.8 Å². The smallest absolute Gasteiger partial charge is 0.259 e. The SMILES string of the molecule is CC(C)(O)CCc1ccc(-c2nc(C3(c4ccc(-c5cnc(N)nc5)nc4)CCC3)no2)cn1. The zero-order valence-electron chi connectivity index (χ0n) is 19.3. The van der Waals surface area contributed by atoms with E-state index in [9.17, 15) is 5.11 Å². The molecule has 3 N–H and O–H groups in total. The Morgan fingerprint density at radius 3 is 2.32 bits per heavy atom. The Bertz CT molecular complexity index is 1260. The van der Waals surface area contributed by atoms with Crippen LogP contribution in [0.2, 0.25) is 0 Å². The molecule has 34 heavy (non-hydrogen) atoms. The summed E-state index contributed by atoms with van der Waals surface area (Å²) in [5.41, 5.74) is 8.91. The van der Waals surface area contributed by atoms with Crippen LogP contribution in [0.5, 0.6) is 0 Å². The molecule has 0 spiro atoms. The molecule has 0 aromatic carbocycles.